The molecule has 0 aromatic heterocycles. The molecule has 0 radical (unpaired) electrons. The van der Waals surface area contributed by atoms with Crippen LogP contribution >= 0.6 is 23.2 Å². The number of alkyl halides is 1. The normalized spacial score (nSPS) is 12.0. The van der Waals surface area contributed by atoms with Gasteiger partial charge < -0.3 is 9.47 Å². The van der Waals surface area contributed by atoms with Gasteiger partial charge in [-0.25, -0.2) is 0 Å². The maximum Gasteiger partial charge on any atom is 0.122 e. The van der Waals surface area contributed by atoms with Crippen molar-refractivity contribution in [1.29, 1.82) is 0 Å². The minimum atomic E-state index is -0.277. The molecule has 0 fully saturated rings. The SMILES string of the molecule is COc1cc(OC)cc(C(Cl)c2ccc(Cl)cc2)c1. The van der Waals surface area contributed by atoms with Crippen molar-refractivity contribution in [2.75, 3.05) is 14.2 Å². The Labute approximate surface area is 122 Å². The molecule has 0 bridgehead atoms. The average molecular weight is 297 g/mol. The first-order chi connectivity index (χ1) is 9.13. The number of hydrogen-bond acceptors (Lipinski definition) is 2. The Morgan fingerprint density at radius 1 is 0.842 bits per heavy atom. The van der Waals surface area contributed by atoms with E-state index in [1.807, 2.05) is 42.5 Å². The Morgan fingerprint density at radius 3 is 1.84 bits per heavy atom. The molecule has 2 aromatic carbocycles. The first kappa shape index (κ1) is 14.0. The van der Waals surface area contributed by atoms with E-state index in [0.717, 1.165) is 11.1 Å². The number of hydrogen-bond donors (Lipinski definition) is 0. The van der Waals surface area contributed by atoms with Gasteiger partial charge in [0.2, 0.25) is 0 Å². The summed E-state index contributed by atoms with van der Waals surface area (Å²) in [4.78, 5) is 0. The fourth-order valence-corrected chi connectivity index (χ4v) is 2.20. The molecule has 0 spiro atoms. The highest BCUT2D eigenvalue weighted by atomic mass is 35.5. The molecular formula is C15H14Cl2O2. The monoisotopic (exact) mass is 296 g/mol. The quantitative estimate of drug-likeness (QED) is 0.762. The summed E-state index contributed by atoms with van der Waals surface area (Å²) >= 11 is 12.4. The lowest BCUT2D eigenvalue weighted by Crippen LogP contribution is -1.96. The van der Waals surface area contributed by atoms with Gasteiger partial charge in [0.25, 0.3) is 0 Å². The summed E-state index contributed by atoms with van der Waals surface area (Å²) in [6, 6.07) is 13.1. The van der Waals surface area contributed by atoms with Crippen molar-refractivity contribution in [3.63, 3.8) is 0 Å². The average Bonchev–Trinajstić information content (AvgIpc) is 2.46. The summed E-state index contributed by atoms with van der Waals surface area (Å²) in [6.45, 7) is 0. The van der Waals surface area contributed by atoms with E-state index in [0.29, 0.717) is 16.5 Å². The fourth-order valence-electron chi connectivity index (χ4n) is 1.80. The molecule has 0 heterocycles. The van der Waals surface area contributed by atoms with Crippen LogP contribution < -0.4 is 9.47 Å². The molecule has 100 valence electrons. The molecule has 0 saturated heterocycles. The predicted octanol–water partition coefficient (Wildman–Crippen LogP) is 4.69. The van der Waals surface area contributed by atoms with E-state index in [1.54, 1.807) is 14.2 Å². The van der Waals surface area contributed by atoms with Crippen LogP contribution in [0.5, 0.6) is 11.5 Å². The Kier molecular flexibility index (Phi) is 4.56. The van der Waals surface area contributed by atoms with Gasteiger partial charge in [-0.1, -0.05) is 23.7 Å². The zero-order chi connectivity index (χ0) is 13.8. The van der Waals surface area contributed by atoms with Crippen LogP contribution in [-0.2, 0) is 0 Å². The van der Waals surface area contributed by atoms with Crippen LogP contribution in [0.25, 0.3) is 0 Å². The Balaban J connectivity index is 2.37. The van der Waals surface area contributed by atoms with E-state index >= 15 is 0 Å². The van der Waals surface area contributed by atoms with E-state index < -0.39 is 0 Å². The molecule has 4 heteroatoms. The molecule has 0 aliphatic heterocycles. The lowest BCUT2D eigenvalue weighted by atomic mass is 10.0. The number of rotatable bonds is 4. The van der Waals surface area contributed by atoms with E-state index in [9.17, 15) is 0 Å². The van der Waals surface area contributed by atoms with E-state index in [4.69, 9.17) is 32.7 Å². The highest BCUT2D eigenvalue weighted by Crippen LogP contribution is 2.34. The molecule has 2 rings (SSSR count). The lowest BCUT2D eigenvalue weighted by Gasteiger charge is -2.13. The van der Waals surface area contributed by atoms with E-state index in [-0.39, 0.29) is 5.38 Å². The standard InChI is InChI=1S/C15H14Cl2O2/c1-18-13-7-11(8-14(9-13)19-2)15(17)10-3-5-12(16)6-4-10/h3-9,15H,1-2H3. The molecule has 0 saturated carbocycles. The number of benzene rings is 2. The summed E-state index contributed by atoms with van der Waals surface area (Å²) < 4.78 is 10.5. The topological polar surface area (TPSA) is 18.5 Å². The third-order valence-electron chi connectivity index (χ3n) is 2.83. The minimum Gasteiger partial charge on any atom is -0.497 e. The van der Waals surface area contributed by atoms with Crippen molar-refractivity contribution < 1.29 is 9.47 Å². The van der Waals surface area contributed by atoms with Gasteiger partial charge in [0.05, 0.1) is 19.6 Å². The van der Waals surface area contributed by atoms with Gasteiger partial charge in [-0.15, -0.1) is 11.6 Å². The summed E-state index contributed by atoms with van der Waals surface area (Å²) in [5, 5.41) is 0.414. The first-order valence-corrected chi connectivity index (χ1v) is 6.58. The molecule has 1 unspecified atom stereocenters. The van der Waals surface area contributed by atoms with Gasteiger partial charge in [0.15, 0.2) is 0 Å². The Hall–Kier alpha value is -1.38. The van der Waals surface area contributed by atoms with Gasteiger partial charge in [0.1, 0.15) is 11.5 Å². The second-order valence-corrected chi connectivity index (χ2v) is 4.93. The smallest absolute Gasteiger partial charge is 0.122 e. The molecule has 2 nitrogen and oxygen atoms in total. The van der Waals surface area contributed by atoms with Crippen molar-refractivity contribution in [1.82, 2.24) is 0 Å². The number of methoxy groups -OCH3 is 2. The second-order valence-electron chi connectivity index (χ2n) is 4.06. The van der Waals surface area contributed by atoms with Crippen molar-refractivity contribution in [2.45, 2.75) is 5.38 Å². The van der Waals surface area contributed by atoms with Gasteiger partial charge in [-0.3, -0.25) is 0 Å². The van der Waals surface area contributed by atoms with Gasteiger partial charge >= 0.3 is 0 Å². The molecule has 2 aromatic rings. The van der Waals surface area contributed by atoms with Crippen molar-refractivity contribution in [2.24, 2.45) is 0 Å². The summed E-state index contributed by atoms with van der Waals surface area (Å²) in [5.74, 6) is 1.43. The molecule has 0 amide bonds. The second kappa shape index (κ2) is 6.18. The minimum absolute atomic E-state index is 0.277. The van der Waals surface area contributed by atoms with Crippen LogP contribution in [0, 0.1) is 0 Å². The Morgan fingerprint density at radius 2 is 1.37 bits per heavy atom. The van der Waals surface area contributed by atoms with Crippen LogP contribution in [-0.4, -0.2) is 14.2 Å². The highest BCUT2D eigenvalue weighted by Gasteiger charge is 2.13. The molecule has 19 heavy (non-hydrogen) atoms. The van der Waals surface area contributed by atoms with Crippen LogP contribution in [0.2, 0.25) is 5.02 Å². The third-order valence-corrected chi connectivity index (χ3v) is 3.59. The van der Waals surface area contributed by atoms with Gasteiger partial charge in [-0.05, 0) is 35.4 Å². The van der Waals surface area contributed by atoms with Crippen molar-refractivity contribution >= 4 is 23.2 Å². The van der Waals surface area contributed by atoms with Crippen molar-refractivity contribution in [3.05, 3.63) is 58.6 Å². The zero-order valence-electron chi connectivity index (χ0n) is 10.7. The summed E-state index contributed by atoms with van der Waals surface area (Å²) in [5.41, 5.74) is 1.89. The molecule has 0 N–H and O–H groups in total. The molecular weight excluding hydrogens is 283 g/mol. The van der Waals surface area contributed by atoms with E-state index in [2.05, 4.69) is 0 Å². The molecule has 1 atom stereocenters. The van der Waals surface area contributed by atoms with Gasteiger partial charge in [0, 0.05) is 11.1 Å². The summed E-state index contributed by atoms with van der Waals surface area (Å²) in [6.07, 6.45) is 0. The Bertz CT molecular complexity index is 530. The van der Waals surface area contributed by atoms with Crippen LogP contribution in [0.3, 0.4) is 0 Å². The highest BCUT2D eigenvalue weighted by molar-refractivity contribution is 6.30. The fraction of sp³-hybridized carbons (Fsp3) is 0.200. The van der Waals surface area contributed by atoms with Crippen LogP contribution in [0.15, 0.2) is 42.5 Å². The predicted molar refractivity (Wildman–Crippen MR) is 78.7 cm³/mol. The molecule has 0 aliphatic carbocycles. The summed E-state index contributed by atoms with van der Waals surface area (Å²) in [7, 11) is 3.23. The van der Waals surface area contributed by atoms with Gasteiger partial charge in [-0.2, -0.15) is 0 Å². The van der Waals surface area contributed by atoms with Crippen molar-refractivity contribution in [3.8, 4) is 11.5 Å². The zero-order valence-corrected chi connectivity index (χ0v) is 12.2. The van der Waals surface area contributed by atoms with Crippen LogP contribution in [0.1, 0.15) is 16.5 Å². The maximum atomic E-state index is 6.49. The van der Waals surface area contributed by atoms with Crippen LogP contribution in [0.4, 0.5) is 0 Å². The molecule has 0 aliphatic rings. The largest absolute Gasteiger partial charge is 0.497 e. The lowest BCUT2D eigenvalue weighted by molar-refractivity contribution is 0.393. The number of ether oxygens (including phenoxy) is 2. The third kappa shape index (κ3) is 3.34. The number of halogens is 2. The van der Waals surface area contributed by atoms with E-state index in [1.165, 1.54) is 0 Å². The first-order valence-electron chi connectivity index (χ1n) is 5.76. The maximum absolute atomic E-state index is 6.49.